The van der Waals surface area contributed by atoms with Gasteiger partial charge >= 0.3 is 0 Å². The Morgan fingerprint density at radius 2 is 2.14 bits per heavy atom. The molecule has 0 aliphatic carbocycles. The Morgan fingerprint density at radius 1 is 1.41 bits per heavy atom. The highest BCUT2D eigenvalue weighted by Crippen LogP contribution is 2.34. The third-order valence-electron chi connectivity index (χ3n) is 3.55. The number of aromatic amines is 1. The zero-order valence-corrected chi connectivity index (χ0v) is 14.6. The molecule has 0 saturated carbocycles. The fourth-order valence-corrected chi connectivity index (χ4v) is 3.45. The molecule has 2 heterocycles. The molecule has 0 spiro atoms. The van der Waals surface area contributed by atoms with E-state index in [1.54, 1.807) is 11.3 Å². The van der Waals surface area contributed by atoms with Gasteiger partial charge in [-0.05, 0) is 30.7 Å². The summed E-state index contributed by atoms with van der Waals surface area (Å²) in [6.45, 7) is 10.6. The van der Waals surface area contributed by atoms with Gasteiger partial charge in [-0.3, -0.25) is 9.89 Å². The number of thiophene rings is 1. The van der Waals surface area contributed by atoms with Crippen molar-refractivity contribution in [3.05, 3.63) is 33.8 Å². The standard InChI is InChI=1S/C16H24N4OS/c1-10-14(11(2)20-19-10)18-13(21)9-17-15(16(3,4)5)12-7-6-8-22-12/h6-8,15,17H,9H2,1-5H3,(H,18,21)(H,19,20)/t15-/m0/s1. The fourth-order valence-electron chi connectivity index (χ4n) is 2.40. The molecule has 0 aromatic carbocycles. The molecule has 0 unspecified atom stereocenters. The van der Waals surface area contributed by atoms with Gasteiger partial charge in [0.25, 0.3) is 0 Å². The topological polar surface area (TPSA) is 69.8 Å². The molecule has 0 bridgehead atoms. The van der Waals surface area contributed by atoms with Crippen molar-refractivity contribution in [2.75, 3.05) is 11.9 Å². The van der Waals surface area contributed by atoms with E-state index in [0.717, 1.165) is 17.1 Å². The van der Waals surface area contributed by atoms with E-state index in [2.05, 4.69) is 53.0 Å². The molecule has 120 valence electrons. The number of aryl methyl sites for hydroxylation is 2. The lowest BCUT2D eigenvalue weighted by atomic mass is 9.86. The lowest BCUT2D eigenvalue weighted by Crippen LogP contribution is -2.37. The number of hydrogen-bond donors (Lipinski definition) is 3. The Kier molecular flexibility index (Phi) is 5.03. The molecule has 3 N–H and O–H groups in total. The summed E-state index contributed by atoms with van der Waals surface area (Å²) in [6, 6.07) is 4.29. The molecule has 2 aromatic rings. The first kappa shape index (κ1) is 16.7. The average molecular weight is 320 g/mol. The maximum absolute atomic E-state index is 12.2. The molecule has 2 aromatic heterocycles. The number of rotatable bonds is 5. The maximum atomic E-state index is 12.2. The molecule has 0 aliphatic rings. The third-order valence-corrected chi connectivity index (χ3v) is 4.49. The number of nitrogens with zero attached hydrogens (tertiary/aromatic N) is 1. The lowest BCUT2D eigenvalue weighted by Gasteiger charge is -2.30. The van der Waals surface area contributed by atoms with Crippen LogP contribution < -0.4 is 10.6 Å². The largest absolute Gasteiger partial charge is 0.322 e. The molecule has 6 heteroatoms. The van der Waals surface area contributed by atoms with E-state index in [9.17, 15) is 4.79 Å². The molecule has 1 amide bonds. The van der Waals surface area contributed by atoms with Crippen molar-refractivity contribution in [1.29, 1.82) is 0 Å². The molecule has 22 heavy (non-hydrogen) atoms. The highest BCUT2D eigenvalue weighted by molar-refractivity contribution is 7.10. The van der Waals surface area contributed by atoms with Crippen molar-refractivity contribution >= 4 is 22.9 Å². The van der Waals surface area contributed by atoms with Crippen LogP contribution in [0.4, 0.5) is 5.69 Å². The number of carbonyl (C=O) groups is 1. The summed E-state index contributed by atoms with van der Waals surface area (Å²) in [7, 11) is 0. The van der Waals surface area contributed by atoms with Gasteiger partial charge in [-0.1, -0.05) is 26.8 Å². The van der Waals surface area contributed by atoms with Crippen LogP contribution in [0.5, 0.6) is 0 Å². The number of hydrogen-bond acceptors (Lipinski definition) is 4. The zero-order chi connectivity index (χ0) is 16.3. The summed E-state index contributed by atoms with van der Waals surface area (Å²) in [5.74, 6) is -0.0570. The number of aromatic nitrogens is 2. The fraction of sp³-hybridized carbons (Fsp3) is 0.500. The van der Waals surface area contributed by atoms with Gasteiger partial charge < -0.3 is 10.6 Å². The highest BCUT2D eigenvalue weighted by atomic mass is 32.1. The monoisotopic (exact) mass is 320 g/mol. The van der Waals surface area contributed by atoms with Crippen molar-refractivity contribution in [1.82, 2.24) is 15.5 Å². The van der Waals surface area contributed by atoms with Crippen LogP contribution in [0, 0.1) is 19.3 Å². The van der Waals surface area contributed by atoms with Crippen LogP contribution in [-0.4, -0.2) is 22.6 Å². The molecule has 0 aliphatic heterocycles. The highest BCUT2D eigenvalue weighted by Gasteiger charge is 2.27. The van der Waals surface area contributed by atoms with E-state index < -0.39 is 0 Å². The summed E-state index contributed by atoms with van der Waals surface area (Å²) < 4.78 is 0. The Balaban J connectivity index is 1.99. The molecule has 2 rings (SSSR count). The van der Waals surface area contributed by atoms with Crippen LogP contribution in [0.1, 0.15) is 43.1 Å². The number of nitrogens with one attached hydrogen (secondary N) is 3. The van der Waals surface area contributed by atoms with Gasteiger partial charge in [0.15, 0.2) is 0 Å². The predicted molar refractivity (Wildman–Crippen MR) is 91.2 cm³/mol. The van der Waals surface area contributed by atoms with Gasteiger partial charge in [0.2, 0.25) is 5.91 Å². The van der Waals surface area contributed by atoms with E-state index in [1.807, 2.05) is 19.9 Å². The molecule has 0 saturated heterocycles. The predicted octanol–water partition coefficient (Wildman–Crippen LogP) is 3.40. The quantitative estimate of drug-likeness (QED) is 0.791. The molecule has 0 radical (unpaired) electrons. The summed E-state index contributed by atoms with van der Waals surface area (Å²) in [5, 5.41) is 15.3. The van der Waals surface area contributed by atoms with Gasteiger partial charge in [0.05, 0.1) is 23.6 Å². The van der Waals surface area contributed by atoms with Gasteiger partial charge in [0.1, 0.15) is 0 Å². The molecule has 5 nitrogen and oxygen atoms in total. The van der Waals surface area contributed by atoms with E-state index in [-0.39, 0.29) is 23.9 Å². The van der Waals surface area contributed by atoms with Crippen LogP contribution in [0.3, 0.4) is 0 Å². The zero-order valence-electron chi connectivity index (χ0n) is 13.8. The molecule has 1 atom stereocenters. The Bertz CT molecular complexity index is 606. The lowest BCUT2D eigenvalue weighted by molar-refractivity contribution is -0.115. The number of carbonyl (C=O) groups excluding carboxylic acids is 1. The first-order chi connectivity index (χ1) is 10.3. The van der Waals surface area contributed by atoms with Crippen LogP contribution >= 0.6 is 11.3 Å². The van der Waals surface area contributed by atoms with Crippen LogP contribution in [0.25, 0.3) is 0 Å². The van der Waals surface area contributed by atoms with Crippen LogP contribution in [0.15, 0.2) is 17.5 Å². The first-order valence-corrected chi connectivity index (χ1v) is 8.25. The van der Waals surface area contributed by atoms with E-state index >= 15 is 0 Å². The number of H-pyrrole nitrogens is 1. The van der Waals surface area contributed by atoms with E-state index in [1.165, 1.54) is 4.88 Å². The Morgan fingerprint density at radius 3 is 2.64 bits per heavy atom. The average Bonchev–Trinajstić information content (AvgIpc) is 3.03. The maximum Gasteiger partial charge on any atom is 0.238 e. The van der Waals surface area contributed by atoms with Gasteiger partial charge in [-0.25, -0.2) is 0 Å². The van der Waals surface area contributed by atoms with Crippen LogP contribution in [-0.2, 0) is 4.79 Å². The minimum absolute atomic E-state index is 0.0343. The first-order valence-electron chi connectivity index (χ1n) is 7.37. The molecule has 0 fully saturated rings. The third kappa shape index (κ3) is 3.96. The summed E-state index contributed by atoms with van der Waals surface area (Å²) >= 11 is 1.71. The summed E-state index contributed by atoms with van der Waals surface area (Å²) in [4.78, 5) is 13.5. The van der Waals surface area contributed by atoms with Crippen molar-refractivity contribution in [2.24, 2.45) is 5.41 Å². The second kappa shape index (κ2) is 6.62. The number of amides is 1. The normalized spacial score (nSPS) is 13.1. The molecular formula is C16H24N4OS. The smallest absolute Gasteiger partial charge is 0.238 e. The minimum atomic E-state index is -0.0570. The second-order valence-corrected chi connectivity index (χ2v) is 7.53. The Hall–Kier alpha value is -1.66. The number of anilines is 1. The molecular weight excluding hydrogens is 296 g/mol. The van der Waals surface area contributed by atoms with Crippen molar-refractivity contribution in [3.8, 4) is 0 Å². The van der Waals surface area contributed by atoms with Crippen molar-refractivity contribution < 1.29 is 4.79 Å². The van der Waals surface area contributed by atoms with Gasteiger partial charge in [0, 0.05) is 10.9 Å². The minimum Gasteiger partial charge on any atom is -0.322 e. The SMILES string of the molecule is Cc1n[nH]c(C)c1NC(=O)CN[C@@H](c1cccs1)C(C)(C)C. The van der Waals surface area contributed by atoms with Crippen molar-refractivity contribution in [3.63, 3.8) is 0 Å². The van der Waals surface area contributed by atoms with Crippen LogP contribution in [0.2, 0.25) is 0 Å². The summed E-state index contributed by atoms with van der Waals surface area (Å²) in [6.07, 6.45) is 0. The van der Waals surface area contributed by atoms with E-state index in [0.29, 0.717) is 0 Å². The van der Waals surface area contributed by atoms with Gasteiger partial charge in [-0.15, -0.1) is 11.3 Å². The van der Waals surface area contributed by atoms with Gasteiger partial charge in [-0.2, -0.15) is 5.10 Å². The van der Waals surface area contributed by atoms with E-state index in [4.69, 9.17) is 0 Å². The Labute approximate surface area is 135 Å². The van der Waals surface area contributed by atoms with Crippen molar-refractivity contribution in [2.45, 2.75) is 40.7 Å². The summed E-state index contributed by atoms with van der Waals surface area (Å²) in [5.41, 5.74) is 2.48. The second-order valence-electron chi connectivity index (χ2n) is 6.55.